The lowest BCUT2D eigenvalue weighted by atomic mass is 9.63. The Kier molecular flexibility index (Phi) is 21.2. The molecule has 15 nitrogen and oxygen atoms in total. The zero-order valence-electron chi connectivity index (χ0n) is 56.8. The van der Waals surface area contributed by atoms with Gasteiger partial charge in [-0.15, -0.1) is 5.92 Å². The molecule has 0 spiro atoms. The summed E-state index contributed by atoms with van der Waals surface area (Å²) in [4.78, 5) is 34.0. The SMILES string of the molecule is CCCC1C(O)Cc2cc(c[nH]2)C(C)CNCC(O)Cc2ccc3cc(Cc4ccccc4)c(cc3c2O)NC2=CC(=CCN2)C2CC#CC3CC(CC(C(O)O)C3Cc3cccc(O)c3)c3ccccc3C3C#CC4CC2CC1CC4C(=O)C(O)C(=O)CCc1cc(OC)c(O)cc13. The number of rotatable bonds is 8. The first-order valence-electron chi connectivity index (χ1n) is 35.8. The average molecular weight is 1340 g/mol. The van der Waals surface area contributed by atoms with Crippen molar-refractivity contribution in [2.24, 2.45) is 53.3 Å². The van der Waals surface area contributed by atoms with Gasteiger partial charge in [-0.05, 0) is 209 Å². The van der Waals surface area contributed by atoms with Crippen LogP contribution in [-0.4, -0.2) is 109 Å². The number of dihydropyridines is 1. The second-order valence-electron chi connectivity index (χ2n) is 29.1. The third-order valence-electron chi connectivity index (χ3n) is 22.7. The van der Waals surface area contributed by atoms with Crippen molar-refractivity contribution in [1.29, 1.82) is 0 Å². The van der Waals surface area contributed by atoms with E-state index in [4.69, 9.17) is 4.74 Å². The zero-order chi connectivity index (χ0) is 69.0. The molecule has 99 heavy (non-hydrogen) atoms. The molecule has 6 aromatic carbocycles. The number of ether oxygens (including phenoxy) is 1. The molecule has 7 aromatic rings. The van der Waals surface area contributed by atoms with E-state index >= 15 is 4.79 Å². The summed E-state index contributed by atoms with van der Waals surface area (Å²) in [6.45, 7) is 5.51. The van der Waals surface area contributed by atoms with Gasteiger partial charge in [-0.2, -0.15) is 0 Å². The molecule has 15 atom stereocenters. The van der Waals surface area contributed by atoms with Crippen molar-refractivity contribution in [3.63, 3.8) is 0 Å². The number of aryl methyl sites for hydroxylation is 1. The molecule has 0 amide bonds. The minimum absolute atomic E-state index is 0.0284. The van der Waals surface area contributed by atoms with Crippen molar-refractivity contribution in [2.75, 3.05) is 32.1 Å². The second-order valence-corrected chi connectivity index (χ2v) is 29.1. The largest absolute Gasteiger partial charge is 0.508 e. The maximum atomic E-state index is 15.8. The van der Waals surface area contributed by atoms with Gasteiger partial charge in [-0.1, -0.05) is 123 Å². The molecule has 15 unspecified atom stereocenters. The van der Waals surface area contributed by atoms with Gasteiger partial charge >= 0.3 is 0 Å². The van der Waals surface area contributed by atoms with Crippen LogP contribution in [-0.2, 0) is 41.7 Å². The number of aromatic amines is 1. The number of methoxy groups -OCH3 is 1. The van der Waals surface area contributed by atoms with Gasteiger partial charge in [0.05, 0.1) is 25.2 Å². The van der Waals surface area contributed by atoms with E-state index in [2.05, 4.69) is 101 Å². The minimum atomic E-state index is -1.95. The minimum Gasteiger partial charge on any atom is -0.508 e. The number of Topliss-reactive ketones (excluding diaryl/α,β-unsaturated/α-hetero) is 2. The van der Waals surface area contributed by atoms with Gasteiger partial charge < -0.3 is 66.5 Å². The van der Waals surface area contributed by atoms with Crippen LogP contribution < -0.4 is 20.7 Å². The number of carbonyl (C=O) groups excluding carboxylic acids is 2. The molecule has 2 saturated carbocycles. The molecule has 13 bridgehead atoms. The standard InChI is InChI=1S/C84H94N4O11/c1-4-12-67-59-35-57-33-53-23-25-69(71-44-78(93)79(99-3)40-54(71)24-26-76(91)83(96)82(95)72(53)38-59)68-19-9-8-18-66(68)58-32-51(70(74(39-58)84(97)98)31-50-15-10-17-63(89)30-50)16-11-20-65(57)55-27-28-86-80(41-55)88-75-43-73-52(34-60(75)29-49-13-6-5-7-14-49)21-22-56(81(73)94)37-64(90)47-85-45-48(2)61-36-62(87-46-61)42-77(67)92/h5-10,13-15,17-19,21-22,27,30,34,36,40-41,43-44,46,48,51,53,57-59,64-65,67,69-70,72,74,77,83-90,92-94,96-98H,4,12,20,24,26,28-29,31-33,35,37-39,42,45,47H2,1-3H3. The van der Waals surface area contributed by atoms with Gasteiger partial charge in [0.1, 0.15) is 17.3 Å². The number of fused-ring (bicyclic) bond motifs is 15. The summed E-state index contributed by atoms with van der Waals surface area (Å²) >= 11 is 0. The van der Waals surface area contributed by atoms with E-state index in [9.17, 15) is 45.6 Å². The summed E-state index contributed by atoms with van der Waals surface area (Å²) in [5.41, 5.74) is 10.3. The van der Waals surface area contributed by atoms with Crippen molar-refractivity contribution in [3.8, 4) is 46.7 Å². The summed E-state index contributed by atoms with van der Waals surface area (Å²) in [5, 5.41) is 108. The van der Waals surface area contributed by atoms with Crippen molar-refractivity contribution >= 4 is 28.0 Å². The van der Waals surface area contributed by atoms with E-state index in [1.54, 1.807) is 30.3 Å². The van der Waals surface area contributed by atoms with Crippen LogP contribution >= 0.6 is 0 Å². The van der Waals surface area contributed by atoms with Crippen LogP contribution in [0.15, 0.2) is 151 Å². The van der Waals surface area contributed by atoms with Crippen LogP contribution in [0, 0.1) is 76.9 Å². The predicted molar refractivity (Wildman–Crippen MR) is 384 cm³/mol. The van der Waals surface area contributed by atoms with Crippen molar-refractivity contribution in [3.05, 3.63) is 207 Å². The van der Waals surface area contributed by atoms with E-state index < -0.39 is 59.8 Å². The van der Waals surface area contributed by atoms with Gasteiger partial charge in [0, 0.05) is 92.0 Å². The fourth-order valence-electron chi connectivity index (χ4n) is 17.6. The van der Waals surface area contributed by atoms with E-state index in [1.807, 2.05) is 66.9 Å². The van der Waals surface area contributed by atoms with E-state index in [-0.39, 0.29) is 96.0 Å². The topological polar surface area (TPSA) is 257 Å². The third kappa shape index (κ3) is 15.3. The van der Waals surface area contributed by atoms with E-state index in [0.717, 1.165) is 62.1 Å². The number of benzene rings is 6. The van der Waals surface area contributed by atoms with Crippen LogP contribution in [0.3, 0.4) is 0 Å². The molecule has 0 saturated heterocycles. The van der Waals surface area contributed by atoms with Crippen LogP contribution in [0.25, 0.3) is 10.8 Å². The number of aromatic nitrogens is 1. The molecule has 516 valence electrons. The van der Waals surface area contributed by atoms with Gasteiger partial charge in [0.25, 0.3) is 0 Å². The Morgan fingerprint density at radius 2 is 1.53 bits per heavy atom. The monoisotopic (exact) mass is 1330 g/mol. The fourth-order valence-corrected chi connectivity index (χ4v) is 17.6. The third-order valence-corrected chi connectivity index (χ3v) is 22.7. The molecule has 3 heterocycles. The number of hydrogen-bond donors (Lipinski definition) is 12. The first-order valence-corrected chi connectivity index (χ1v) is 35.8. The number of nitrogens with one attached hydrogen (secondary N) is 4. The molecule has 15 heteroatoms. The molecule has 1 aromatic heterocycles. The number of hydrogen-bond acceptors (Lipinski definition) is 14. The zero-order valence-corrected chi connectivity index (χ0v) is 56.8. The van der Waals surface area contributed by atoms with Crippen LogP contribution in [0.4, 0.5) is 5.69 Å². The van der Waals surface area contributed by atoms with Gasteiger partial charge in [-0.25, -0.2) is 0 Å². The number of carbonyl (C=O) groups is 2. The number of anilines is 1. The van der Waals surface area contributed by atoms with E-state index in [1.165, 1.54) is 7.11 Å². The summed E-state index contributed by atoms with van der Waals surface area (Å²) in [6, 6.07) is 39.0. The quantitative estimate of drug-likeness (QED) is 0.0384. The highest BCUT2D eigenvalue weighted by Crippen LogP contribution is 2.51. The van der Waals surface area contributed by atoms with Crippen molar-refractivity contribution in [1.82, 2.24) is 15.6 Å². The Morgan fingerprint density at radius 3 is 2.32 bits per heavy atom. The van der Waals surface area contributed by atoms with E-state index in [0.29, 0.717) is 105 Å². The molecule has 0 radical (unpaired) electrons. The first-order chi connectivity index (χ1) is 48.0. The molecular formula is C84H94N4O11. The number of H-pyrrole nitrogens is 1. The molecular weight excluding hydrogens is 1240 g/mol. The lowest BCUT2D eigenvalue weighted by Gasteiger charge is -2.42. The van der Waals surface area contributed by atoms with Crippen LogP contribution in [0.2, 0.25) is 0 Å². The summed E-state index contributed by atoms with van der Waals surface area (Å²) < 4.78 is 5.71. The maximum absolute atomic E-state index is 15.8. The molecule has 2 fully saturated rings. The number of ketones is 2. The number of β-amino-alcohol motifs (C(OH)–C–C–N with tert-alkyl or cyclic N) is 1. The smallest absolute Gasteiger partial charge is 0.173 e. The summed E-state index contributed by atoms with van der Waals surface area (Å²) in [6.07, 6.45) is 6.16. The highest BCUT2D eigenvalue weighted by Gasteiger charge is 2.47. The normalized spacial score (nSPS) is 28.2. The van der Waals surface area contributed by atoms with Crippen molar-refractivity contribution in [2.45, 2.75) is 146 Å². The second kappa shape index (κ2) is 30.5. The molecule has 6 aliphatic rings. The Bertz CT molecular complexity index is 4290. The lowest BCUT2D eigenvalue weighted by Crippen LogP contribution is -2.40. The number of aliphatic hydroxyl groups is 5. The molecule has 4 aliphatic carbocycles. The highest BCUT2D eigenvalue weighted by molar-refractivity contribution is 6.06. The number of phenols is 3. The Labute approximate surface area is 580 Å². The number of allylic oxidation sites excluding steroid dienone is 2. The number of aromatic hydroxyl groups is 3. The van der Waals surface area contributed by atoms with Crippen molar-refractivity contribution < 1.29 is 55.2 Å². The summed E-state index contributed by atoms with van der Waals surface area (Å²) in [5.74, 6) is 9.69. The average Bonchev–Trinajstić information content (AvgIpc) is 1.14. The van der Waals surface area contributed by atoms with Gasteiger partial charge in [0.15, 0.2) is 35.5 Å². The Morgan fingerprint density at radius 1 is 0.717 bits per heavy atom. The Hall–Kier alpha value is -8.64. The predicted octanol–water partition coefficient (Wildman–Crippen LogP) is 11.5. The fraction of sp³-hybridized carbons (Fsp3) is 0.429. The van der Waals surface area contributed by atoms with Crippen LogP contribution in [0.1, 0.15) is 145 Å². The van der Waals surface area contributed by atoms with Gasteiger partial charge in [-0.3, -0.25) is 9.59 Å². The first kappa shape index (κ1) is 68.9. The number of phenolic OH excluding ortho intramolecular Hbond substituents is 3. The molecule has 13 rings (SSSR count). The molecule has 12 N–H and O–H groups in total. The summed E-state index contributed by atoms with van der Waals surface area (Å²) in [7, 11) is 1.46. The molecule has 2 aliphatic heterocycles. The van der Waals surface area contributed by atoms with Gasteiger partial charge in [0.2, 0.25) is 0 Å². The number of aliphatic hydroxyl groups excluding tert-OH is 4. The lowest BCUT2D eigenvalue weighted by molar-refractivity contribution is -0.142. The highest BCUT2D eigenvalue weighted by atomic mass is 16.5. The van der Waals surface area contributed by atoms with Crippen LogP contribution in [0.5, 0.6) is 23.0 Å². The Balaban J connectivity index is 1.03. The maximum Gasteiger partial charge on any atom is 0.173 e.